The molecule has 0 aliphatic heterocycles. The lowest BCUT2D eigenvalue weighted by Crippen LogP contribution is -2.28. The van der Waals surface area contributed by atoms with Crippen LogP contribution in [-0.2, 0) is 5.54 Å². The van der Waals surface area contributed by atoms with Crippen molar-refractivity contribution in [1.82, 2.24) is 0 Å². The van der Waals surface area contributed by atoms with E-state index in [-0.39, 0.29) is 11.6 Å². The summed E-state index contributed by atoms with van der Waals surface area (Å²) in [4.78, 5) is 0. The van der Waals surface area contributed by atoms with Crippen molar-refractivity contribution in [2.45, 2.75) is 26.3 Å². The Morgan fingerprint density at radius 1 is 1.38 bits per heavy atom. The number of phenols is 1. The van der Waals surface area contributed by atoms with E-state index in [4.69, 9.17) is 5.73 Å². The van der Waals surface area contributed by atoms with Gasteiger partial charge in [-0.25, -0.2) is 4.39 Å². The Morgan fingerprint density at radius 3 is 2.38 bits per heavy atom. The Labute approximate surface area is 77.2 Å². The molecule has 0 saturated heterocycles. The van der Waals surface area contributed by atoms with Gasteiger partial charge in [-0.15, -0.1) is 0 Å². The molecule has 0 saturated carbocycles. The Morgan fingerprint density at radius 2 is 1.92 bits per heavy atom. The van der Waals surface area contributed by atoms with Gasteiger partial charge in [-0.2, -0.15) is 0 Å². The van der Waals surface area contributed by atoms with Crippen molar-refractivity contribution < 1.29 is 9.50 Å². The van der Waals surface area contributed by atoms with E-state index in [0.29, 0.717) is 11.1 Å². The van der Waals surface area contributed by atoms with E-state index < -0.39 is 5.54 Å². The highest BCUT2D eigenvalue weighted by Gasteiger charge is 2.19. The Balaban J connectivity index is 3.32. The lowest BCUT2D eigenvalue weighted by atomic mass is 9.93. The zero-order chi connectivity index (χ0) is 10.2. The highest BCUT2D eigenvalue weighted by atomic mass is 19.1. The molecular weight excluding hydrogens is 169 g/mol. The fourth-order valence-corrected chi connectivity index (χ4v) is 1.18. The first kappa shape index (κ1) is 9.99. The molecule has 0 aromatic heterocycles. The van der Waals surface area contributed by atoms with Crippen LogP contribution in [0.2, 0.25) is 0 Å². The predicted octanol–water partition coefficient (Wildman–Crippen LogP) is 2.03. The molecule has 0 heterocycles. The van der Waals surface area contributed by atoms with Crippen molar-refractivity contribution in [2.75, 3.05) is 0 Å². The first-order chi connectivity index (χ1) is 5.82. The number of halogens is 1. The Hall–Kier alpha value is -1.09. The van der Waals surface area contributed by atoms with Gasteiger partial charge in [0.2, 0.25) is 0 Å². The molecule has 3 heteroatoms. The smallest absolute Gasteiger partial charge is 0.126 e. The van der Waals surface area contributed by atoms with Gasteiger partial charge < -0.3 is 10.8 Å². The highest BCUT2D eigenvalue weighted by Crippen LogP contribution is 2.29. The van der Waals surface area contributed by atoms with Crippen LogP contribution in [0.1, 0.15) is 25.0 Å². The maximum Gasteiger partial charge on any atom is 0.126 e. The fourth-order valence-electron chi connectivity index (χ4n) is 1.18. The summed E-state index contributed by atoms with van der Waals surface area (Å²) >= 11 is 0. The highest BCUT2D eigenvalue weighted by molar-refractivity contribution is 5.40. The summed E-state index contributed by atoms with van der Waals surface area (Å²) in [5.41, 5.74) is 5.87. The van der Waals surface area contributed by atoms with Crippen LogP contribution in [0.3, 0.4) is 0 Å². The number of nitrogens with two attached hydrogens (primary N) is 1. The van der Waals surface area contributed by atoms with Crippen molar-refractivity contribution in [3.05, 3.63) is 29.1 Å². The van der Waals surface area contributed by atoms with Crippen molar-refractivity contribution in [3.63, 3.8) is 0 Å². The first-order valence-electron chi connectivity index (χ1n) is 4.11. The summed E-state index contributed by atoms with van der Waals surface area (Å²) in [6, 6.07) is 2.67. The number of phenolic OH excluding ortho intramolecular Hbond substituents is 1. The average molecular weight is 183 g/mol. The minimum absolute atomic E-state index is 0.0476. The second-order valence-electron chi connectivity index (χ2n) is 3.84. The van der Waals surface area contributed by atoms with Crippen molar-refractivity contribution in [2.24, 2.45) is 5.73 Å². The van der Waals surface area contributed by atoms with E-state index in [0.717, 1.165) is 0 Å². The van der Waals surface area contributed by atoms with Crippen LogP contribution in [-0.4, -0.2) is 5.11 Å². The summed E-state index contributed by atoms with van der Waals surface area (Å²) in [5, 5.41) is 9.50. The number of aromatic hydroxyl groups is 1. The van der Waals surface area contributed by atoms with Crippen molar-refractivity contribution in [1.29, 1.82) is 0 Å². The molecule has 0 spiro atoms. The first-order valence-corrected chi connectivity index (χ1v) is 4.11. The second-order valence-corrected chi connectivity index (χ2v) is 3.84. The summed E-state index contributed by atoms with van der Waals surface area (Å²) < 4.78 is 13.1. The van der Waals surface area contributed by atoms with E-state index in [1.807, 2.05) is 0 Å². The van der Waals surface area contributed by atoms with Crippen molar-refractivity contribution >= 4 is 0 Å². The SMILES string of the molecule is Cc1cc(O)c(C(C)(C)N)cc1F. The molecule has 72 valence electrons. The van der Waals surface area contributed by atoms with Crippen LogP contribution in [0.5, 0.6) is 5.75 Å². The lowest BCUT2D eigenvalue weighted by Gasteiger charge is -2.20. The molecule has 0 amide bonds. The summed E-state index contributed by atoms with van der Waals surface area (Å²) in [6.45, 7) is 5.04. The molecule has 1 rings (SSSR count). The molecule has 0 aliphatic rings. The second kappa shape index (κ2) is 3.00. The zero-order valence-electron chi connectivity index (χ0n) is 8.06. The summed E-state index contributed by atoms with van der Waals surface area (Å²) in [7, 11) is 0. The molecule has 0 atom stereocenters. The third-order valence-corrected chi connectivity index (χ3v) is 1.97. The van der Waals surface area contributed by atoms with Gasteiger partial charge >= 0.3 is 0 Å². The van der Waals surface area contributed by atoms with Crippen LogP contribution in [0.4, 0.5) is 4.39 Å². The Bertz CT molecular complexity index is 328. The summed E-state index contributed by atoms with van der Waals surface area (Å²) in [6.07, 6.45) is 0. The van der Waals surface area contributed by atoms with E-state index in [1.54, 1.807) is 20.8 Å². The standard InChI is InChI=1S/C10H14FNO/c1-6-4-9(13)7(5-8(6)11)10(2,3)12/h4-5,13H,12H2,1-3H3. The Kier molecular flexibility index (Phi) is 2.30. The van der Waals surface area contributed by atoms with Gasteiger partial charge in [0.1, 0.15) is 11.6 Å². The van der Waals surface area contributed by atoms with Gasteiger partial charge in [-0.1, -0.05) is 0 Å². The van der Waals surface area contributed by atoms with Gasteiger partial charge in [0.05, 0.1) is 0 Å². The van der Waals surface area contributed by atoms with E-state index in [1.165, 1.54) is 12.1 Å². The van der Waals surface area contributed by atoms with E-state index >= 15 is 0 Å². The van der Waals surface area contributed by atoms with Crippen molar-refractivity contribution in [3.8, 4) is 5.75 Å². The van der Waals surface area contributed by atoms with Crippen LogP contribution < -0.4 is 5.73 Å². The number of rotatable bonds is 1. The molecule has 0 fully saturated rings. The molecular formula is C10H14FNO. The molecule has 0 bridgehead atoms. The maximum absolute atomic E-state index is 13.1. The fraction of sp³-hybridized carbons (Fsp3) is 0.400. The molecule has 1 aromatic carbocycles. The van der Waals surface area contributed by atoms with Crippen LogP contribution >= 0.6 is 0 Å². The van der Waals surface area contributed by atoms with Crippen LogP contribution in [0.25, 0.3) is 0 Å². The zero-order valence-corrected chi connectivity index (χ0v) is 8.06. The monoisotopic (exact) mass is 183 g/mol. The van der Waals surface area contributed by atoms with Gasteiger partial charge in [0.15, 0.2) is 0 Å². The number of hydrogen-bond acceptors (Lipinski definition) is 2. The van der Waals surface area contributed by atoms with E-state index in [2.05, 4.69) is 0 Å². The molecule has 3 N–H and O–H groups in total. The predicted molar refractivity (Wildman–Crippen MR) is 50.0 cm³/mol. The normalized spacial score (nSPS) is 11.8. The molecule has 0 unspecified atom stereocenters. The third kappa shape index (κ3) is 1.98. The molecule has 0 radical (unpaired) electrons. The summed E-state index contributed by atoms with van der Waals surface area (Å²) in [5.74, 6) is -0.294. The lowest BCUT2D eigenvalue weighted by molar-refractivity contribution is 0.435. The maximum atomic E-state index is 13.1. The number of hydrogen-bond donors (Lipinski definition) is 2. The molecule has 13 heavy (non-hydrogen) atoms. The topological polar surface area (TPSA) is 46.2 Å². The minimum atomic E-state index is -0.724. The van der Waals surface area contributed by atoms with Gasteiger partial charge in [-0.3, -0.25) is 0 Å². The van der Waals surface area contributed by atoms with Gasteiger partial charge in [-0.05, 0) is 38.5 Å². The number of benzene rings is 1. The van der Waals surface area contributed by atoms with Gasteiger partial charge in [0, 0.05) is 11.1 Å². The largest absolute Gasteiger partial charge is 0.508 e. The number of aryl methyl sites for hydroxylation is 1. The average Bonchev–Trinajstić information content (AvgIpc) is 1.94. The quantitative estimate of drug-likeness (QED) is 0.699. The third-order valence-electron chi connectivity index (χ3n) is 1.97. The van der Waals surface area contributed by atoms with Crippen LogP contribution in [0.15, 0.2) is 12.1 Å². The minimum Gasteiger partial charge on any atom is -0.508 e. The van der Waals surface area contributed by atoms with Crippen LogP contribution in [0, 0.1) is 12.7 Å². The van der Waals surface area contributed by atoms with Gasteiger partial charge in [0.25, 0.3) is 0 Å². The molecule has 2 nitrogen and oxygen atoms in total. The van der Waals surface area contributed by atoms with E-state index in [9.17, 15) is 9.50 Å². The molecule has 1 aromatic rings. The molecule has 0 aliphatic carbocycles.